The van der Waals surface area contributed by atoms with Crippen LogP contribution in [-0.2, 0) is 4.74 Å². The van der Waals surface area contributed by atoms with Crippen molar-refractivity contribution in [3.8, 4) is 0 Å². The number of fused-ring (bicyclic) bond motifs is 1. The molecule has 1 aromatic carbocycles. The first-order valence-electron chi connectivity index (χ1n) is 6.64. The molecule has 1 N–H and O–H groups in total. The van der Waals surface area contributed by atoms with Gasteiger partial charge < -0.3 is 14.7 Å². The summed E-state index contributed by atoms with van der Waals surface area (Å²) in [5.74, 6) is -0.220. The summed E-state index contributed by atoms with van der Waals surface area (Å²) < 4.78 is 5.41. The van der Waals surface area contributed by atoms with Crippen LogP contribution in [0.15, 0.2) is 30.3 Å². The lowest BCUT2D eigenvalue weighted by atomic mass is 10.1. The number of nitrogens with zero attached hydrogens (tertiary/aromatic N) is 2. The molecule has 0 spiro atoms. The van der Waals surface area contributed by atoms with Crippen LogP contribution in [0.25, 0.3) is 10.9 Å². The topological polar surface area (TPSA) is 62.7 Å². The third-order valence-electron chi connectivity index (χ3n) is 3.59. The number of para-hydroxylation sites is 1. The van der Waals surface area contributed by atoms with E-state index in [1.165, 1.54) is 0 Å². The molecular formula is C15H16N2O3. The van der Waals surface area contributed by atoms with Gasteiger partial charge in [-0.3, -0.25) is 0 Å². The molecule has 5 heteroatoms. The Kier molecular flexibility index (Phi) is 3.28. The number of carboxylic acid groups (broad SMARTS) is 1. The lowest BCUT2D eigenvalue weighted by Crippen LogP contribution is -2.44. The number of benzene rings is 1. The van der Waals surface area contributed by atoms with Crippen LogP contribution in [0.1, 0.15) is 17.3 Å². The molecule has 20 heavy (non-hydrogen) atoms. The zero-order valence-corrected chi connectivity index (χ0v) is 11.2. The fourth-order valence-electron chi connectivity index (χ4n) is 2.55. The molecule has 0 bridgehead atoms. The van der Waals surface area contributed by atoms with Crippen LogP contribution in [0.3, 0.4) is 0 Å². The third kappa shape index (κ3) is 2.20. The first-order chi connectivity index (χ1) is 9.66. The first-order valence-corrected chi connectivity index (χ1v) is 6.64. The summed E-state index contributed by atoms with van der Waals surface area (Å²) >= 11 is 0. The van der Waals surface area contributed by atoms with Crippen molar-refractivity contribution in [2.75, 3.05) is 24.7 Å². The van der Waals surface area contributed by atoms with Crippen molar-refractivity contribution < 1.29 is 14.6 Å². The van der Waals surface area contributed by atoms with Crippen LogP contribution in [0.4, 0.5) is 5.82 Å². The van der Waals surface area contributed by atoms with Crippen LogP contribution in [0, 0.1) is 0 Å². The zero-order valence-electron chi connectivity index (χ0n) is 11.2. The SMILES string of the molecule is CC1COCCN1c1cc(C(=O)O)c2ccccc2n1. The van der Waals surface area contributed by atoms with Gasteiger partial charge >= 0.3 is 5.97 Å². The molecule has 1 saturated heterocycles. The number of ether oxygens (including phenoxy) is 1. The minimum Gasteiger partial charge on any atom is -0.478 e. The lowest BCUT2D eigenvalue weighted by molar-refractivity contribution is 0.0699. The molecule has 0 aliphatic carbocycles. The number of carbonyl (C=O) groups is 1. The average Bonchev–Trinajstić information content (AvgIpc) is 2.46. The second-order valence-corrected chi connectivity index (χ2v) is 4.97. The summed E-state index contributed by atoms with van der Waals surface area (Å²) in [6, 6.07) is 9.18. The fourth-order valence-corrected chi connectivity index (χ4v) is 2.55. The molecule has 0 saturated carbocycles. The van der Waals surface area contributed by atoms with Gasteiger partial charge in [0.15, 0.2) is 0 Å². The minimum atomic E-state index is -0.925. The summed E-state index contributed by atoms with van der Waals surface area (Å²) in [5.41, 5.74) is 1.00. The van der Waals surface area contributed by atoms with E-state index in [0.717, 1.165) is 6.54 Å². The van der Waals surface area contributed by atoms with Crippen molar-refractivity contribution in [1.29, 1.82) is 0 Å². The molecular weight excluding hydrogens is 256 g/mol. The Labute approximate surface area is 116 Å². The number of morpholine rings is 1. The highest BCUT2D eigenvalue weighted by Crippen LogP contribution is 2.25. The standard InChI is InChI=1S/C15H16N2O3/c1-10-9-20-7-6-17(10)14-8-12(15(18)19)11-4-2-3-5-13(11)16-14/h2-5,8,10H,6-7,9H2,1H3,(H,18,19). The second-order valence-electron chi connectivity index (χ2n) is 4.97. The molecule has 1 aliphatic rings. The molecule has 1 aliphatic heterocycles. The molecule has 1 unspecified atom stereocenters. The first kappa shape index (κ1) is 12.9. The van der Waals surface area contributed by atoms with Gasteiger partial charge in [0.1, 0.15) is 5.82 Å². The number of aromatic nitrogens is 1. The smallest absolute Gasteiger partial charge is 0.336 e. The summed E-state index contributed by atoms with van der Waals surface area (Å²) in [6.07, 6.45) is 0. The van der Waals surface area contributed by atoms with Crippen LogP contribution >= 0.6 is 0 Å². The monoisotopic (exact) mass is 272 g/mol. The number of rotatable bonds is 2. The summed E-state index contributed by atoms with van der Waals surface area (Å²) in [5, 5.41) is 10.1. The van der Waals surface area contributed by atoms with E-state index in [4.69, 9.17) is 4.74 Å². The summed E-state index contributed by atoms with van der Waals surface area (Å²) in [6.45, 7) is 4.06. The Bertz CT molecular complexity index is 657. The van der Waals surface area contributed by atoms with Crippen LogP contribution in [0.2, 0.25) is 0 Å². The largest absolute Gasteiger partial charge is 0.478 e. The van der Waals surface area contributed by atoms with Gasteiger partial charge in [0, 0.05) is 11.9 Å². The minimum absolute atomic E-state index is 0.194. The van der Waals surface area contributed by atoms with Gasteiger partial charge in [-0.05, 0) is 19.1 Å². The highest BCUT2D eigenvalue weighted by molar-refractivity contribution is 6.03. The van der Waals surface area contributed by atoms with Gasteiger partial charge in [0.25, 0.3) is 0 Å². The summed E-state index contributed by atoms with van der Waals surface area (Å²) in [7, 11) is 0. The van der Waals surface area contributed by atoms with Crippen molar-refractivity contribution in [2.45, 2.75) is 13.0 Å². The Morgan fingerprint density at radius 1 is 1.45 bits per heavy atom. The van der Waals surface area contributed by atoms with Crippen molar-refractivity contribution in [3.05, 3.63) is 35.9 Å². The van der Waals surface area contributed by atoms with Crippen molar-refractivity contribution in [1.82, 2.24) is 4.98 Å². The van der Waals surface area contributed by atoms with Crippen molar-refractivity contribution in [2.24, 2.45) is 0 Å². The van der Waals surface area contributed by atoms with Gasteiger partial charge in [0.05, 0.1) is 30.3 Å². The highest BCUT2D eigenvalue weighted by Gasteiger charge is 2.22. The lowest BCUT2D eigenvalue weighted by Gasteiger charge is -2.34. The molecule has 2 heterocycles. The highest BCUT2D eigenvalue weighted by atomic mass is 16.5. The molecule has 3 rings (SSSR count). The van der Waals surface area contributed by atoms with Gasteiger partial charge in [-0.2, -0.15) is 0 Å². The average molecular weight is 272 g/mol. The molecule has 5 nitrogen and oxygen atoms in total. The molecule has 1 fully saturated rings. The number of hydrogen-bond donors (Lipinski definition) is 1. The van der Waals surface area contributed by atoms with E-state index in [0.29, 0.717) is 35.5 Å². The maximum atomic E-state index is 11.5. The van der Waals surface area contributed by atoms with E-state index in [1.54, 1.807) is 12.1 Å². The molecule has 1 aromatic heterocycles. The second kappa shape index (κ2) is 5.09. The number of carboxylic acids is 1. The Morgan fingerprint density at radius 3 is 3.00 bits per heavy atom. The fraction of sp³-hybridized carbons (Fsp3) is 0.333. The summed E-state index contributed by atoms with van der Waals surface area (Å²) in [4.78, 5) is 18.2. The van der Waals surface area contributed by atoms with Gasteiger partial charge in [0.2, 0.25) is 0 Å². The van der Waals surface area contributed by atoms with Gasteiger partial charge in [-0.25, -0.2) is 9.78 Å². The number of pyridine rings is 1. The zero-order chi connectivity index (χ0) is 14.1. The predicted molar refractivity (Wildman–Crippen MR) is 76.3 cm³/mol. The molecule has 0 radical (unpaired) electrons. The third-order valence-corrected chi connectivity index (χ3v) is 3.59. The van der Waals surface area contributed by atoms with Crippen molar-refractivity contribution in [3.63, 3.8) is 0 Å². The Hall–Kier alpha value is -2.14. The maximum Gasteiger partial charge on any atom is 0.336 e. The molecule has 0 amide bonds. The van der Waals surface area contributed by atoms with Crippen LogP contribution < -0.4 is 4.90 Å². The Balaban J connectivity index is 2.14. The number of anilines is 1. The molecule has 1 atom stereocenters. The normalized spacial score (nSPS) is 19.2. The van der Waals surface area contributed by atoms with E-state index in [9.17, 15) is 9.90 Å². The van der Waals surface area contributed by atoms with E-state index in [1.807, 2.05) is 18.2 Å². The molecule has 2 aromatic rings. The van der Waals surface area contributed by atoms with Gasteiger partial charge in [-0.1, -0.05) is 18.2 Å². The van der Waals surface area contributed by atoms with E-state index in [2.05, 4.69) is 16.8 Å². The Morgan fingerprint density at radius 2 is 2.25 bits per heavy atom. The van der Waals surface area contributed by atoms with Crippen LogP contribution in [0.5, 0.6) is 0 Å². The number of hydrogen-bond acceptors (Lipinski definition) is 4. The van der Waals surface area contributed by atoms with Crippen LogP contribution in [-0.4, -0.2) is 41.9 Å². The van der Waals surface area contributed by atoms with Gasteiger partial charge in [-0.15, -0.1) is 0 Å². The van der Waals surface area contributed by atoms with E-state index < -0.39 is 5.97 Å². The quantitative estimate of drug-likeness (QED) is 0.907. The predicted octanol–water partition coefficient (Wildman–Crippen LogP) is 2.16. The van der Waals surface area contributed by atoms with Crippen molar-refractivity contribution >= 4 is 22.7 Å². The number of aromatic carboxylic acids is 1. The molecule has 104 valence electrons. The van der Waals surface area contributed by atoms with E-state index >= 15 is 0 Å². The maximum absolute atomic E-state index is 11.5. The van der Waals surface area contributed by atoms with E-state index in [-0.39, 0.29) is 6.04 Å².